The molecular formula is C21H23ClN6O4S. The molecule has 1 aliphatic heterocycles. The third-order valence-corrected chi connectivity index (χ3v) is 5.94. The Kier molecular flexibility index (Phi) is 6.28. The first-order valence-corrected chi connectivity index (χ1v) is 12.3. The maximum absolute atomic E-state index is 12.8. The van der Waals surface area contributed by atoms with E-state index in [1.165, 1.54) is 18.2 Å². The van der Waals surface area contributed by atoms with Gasteiger partial charge < -0.3 is 15.0 Å². The van der Waals surface area contributed by atoms with Gasteiger partial charge in [0.2, 0.25) is 16.0 Å². The van der Waals surface area contributed by atoms with Crippen molar-refractivity contribution in [3.63, 3.8) is 0 Å². The first kappa shape index (κ1) is 23.0. The number of hydrogen-bond donors (Lipinski definition) is 2. The first-order chi connectivity index (χ1) is 15.6. The highest BCUT2D eigenvalue weighted by atomic mass is 35.5. The van der Waals surface area contributed by atoms with Gasteiger partial charge in [0.05, 0.1) is 41.7 Å². The van der Waals surface area contributed by atoms with Gasteiger partial charge in [-0.15, -0.1) is 0 Å². The summed E-state index contributed by atoms with van der Waals surface area (Å²) in [6, 6.07) is 6.18. The van der Waals surface area contributed by atoms with Crippen molar-refractivity contribution >= 4 is 44.6 Å². The van der Waals surface area contributed by atoms with E-state index in [1.54, 1.807) is 36.3 Å². The summed E-state index contributed by atoms with van der Waals surface area (Å²) in [4.78, 5) is 23.8. The Morgan fingerprint density at radius 2 is 1.82 bits per heavy atom. The predicted octanol–water partition coefficient (Wildman–Crippen LogP) is 2.69. The zero-order valence-electron chi connectivity index (χ0n) is 18.2. The minimum absolute atomic E-state index is 0.232. The van der Waals surface area contributed by atoms with Crippen molar-refractivity contribution in [1.29, 1.82) is 0 Å². The monoisotopic (exact) mass is 490 g/mol. The SMILES string of the molecule is COC1CN(c2cnc(-n3cc(C(=O)Nc4cc(Cl)cc(NS(C)(=O)=O)c4)cc3C)nc2)C1. The fourth-order valence-electron chi connectivity index (χ4n) is 3.45. The van der Waals surface area contributed by atoms with E-state index >= 15 is 0 Å². The Morgan fingerprint density at radius 3 is 2.45 bits per heavy atom. The van der Waals surface area contributed by atoms with Crippen molar-refractivity contribution in [2.24, 2.45) is 0 Å². The number of sulfonamides is 1. The van der Waals surface area contributed by atoms with Crippen LogP contribution in [0.15, 0.2) is 42.9 Å². The molecular weight excluding hydrogens is 468 g/mol. The summed E-state index contributed by atoms with van der Waals surface area (Å²) in [6.07, 6.45) is 6.40. The molecule has 4 rings (SSSR count). The van der Waals surface area contributed by atoms with E-state index in [2.05, 4.69) is 24.9 Å². The number of methoxy groups -OCH3 is 1. The van der Waals surface area contributed by atoms with Gasteiger partial charge in [0, 0.05) is 42.8 Å². The van der Waals surface area contributed by atoms with Crippen molar-refractivity contribution in [1.82, 2.24) is 14.5 Å². The Labute approximate surface area is 196 Å². The zero-order chi connectivity index (χ0) is 23.8. The van der Waals surface area contributed by atoms with Crippen LogP contribution in [-0.2, 0) is 14.8 Å². The number of ether oxygens (including phenoxy) is 1. The smallest absolute Gasteiger partial charge is 0.257 e. The Morgan fingerprint density at radius 1 is 1.15 bits per heavy atom. The molecule has 0 spiro atoms. The second-order valence-corrected chi connectivity index (χ2v) is 9.99. The van der Waals surface area contributed by atoms with Crippen LogP contribution < -0.4 is 14.9 Å². The zero-order valence-corrected chi connectivity index (χ0v) is 19.8. The summed E-state index contributed by atoms with van der Waals surface area (Å²) in [5.74, 6) is 0.0636. The second-order valence-electron chi connectivity index (χ2n) is 7.80. The molecule has 1 aliphatic rings. The Bertz CT molecular complexity index is 1290. The number of aryl methyl sites for hydroxylation is 1. The summed E-state index contributed by atoms with van der Waals surface area (Å²) in [7, 11) is -1.79. The van der Waals surface area contributed by atoms with Crippen LogP contribution in [0.1, 0.15) is 16.1 Å². The molecule has 1 aromatic carbocycles. The number of carbonyl (C=O) groups excluding carboxylic acids is 1. The number of aromatic nitrogens is 3. The molecule has 3 heterocycles. The molecule has 0 saturated carbocycles. The molecule has 2 N–H and O–H groups in total. The molecule has 1 fully saturated rings. The van der Waals surface area contributed by atoms with Crippen LogP contribution in [-0.4, -0.2) is 61.4 Å². The van der Waals surface area contributed by atoms with Gasteiger partial charge in [-0.2, -0.15) is 0 Å². The van der Waals surface area contributed by atoms with Gasteiger partial charge >= 0.3 is 0 Å². The van der Waals surface area contributed by atoms with Crippen molar-refractivity contribution in [3.8, 4) is 5.95 Å². The van der Waals surface area contributed by atoms with E-state index < -0.39 is 10.0 Å². The molecule has 0 radical (unpaired) electrons. The van der Waals surface area contributed by atoms with Gasteiger partial charge in [0.15, 0.2) is 0 Å². The third kappa shape index (κ3) is 5.44. The van der Waals surface area contributed by atoms with E-state index in [4.69, 9.17) is 16.3 Å². The van der Waals surface area contributed by atoms with Gasteiger partial charge in [-0.05, 0) is 31.2 Å². The lowest BCUT2D eigenvalue weighted by Gasteiger charge is -2.39. The largest absolute Gasteiger partial charge is 0.378 e. The van der Waals surface area contributed by atoms with Crippen LogP contribution in [0, 0.1) is 6.92 Å². The van der Waals surface area contributed by atoms with Crippen LogP contribution >= 0.6 is 11.6 Å². The van der Waals surface area contributed by atoms with E-state index in [9.17, 15) is 13.2 Å². The summed E-state index contributed by atoms with van der Waals surface area (Å²) < 4.78 is 32.3. The standard InChI is InChI=1S/C21H23ClN6O4S/c1-13-4-14(20(29)25-16-5-15(22)6-17(7-16)26-33(3,30)31)10-28(13)21-23-8-18(9-24-21)27-11-19(12-27)32-2/h4-10,19,26H,11-12H2,1-3H3,(H,25,29). The number of carbonyl (C=O) groups is 1. The van der Waals surface area contributed by atoms with Crippen molar-refractivity contribution in [2.75, 3.05) is 41.4 Å². The highest BCUT2D eigenvalue weighted by Crippen LogP contribution is 2.25. The number of halogens is 1. The summed E-state index contributed by atoms with van der Waals surface area (Å²) in [5, 5.41) is 3.01. The molecule has 10 nitrogen and oxygen atoms in total. The van der Waals surface area contributed by atoms with E-state index in [1.807, 2.05) is 6.92 Å². The molecule has 2 aromatic heterocycles. The van der Waals surface area contributed by atoms with Crippen LogP contribution in [0.2, 0.25) is 5.02 Å². The van der Waals surface area contributed by atoms with Crippen LogP contribution in [0.3, 0.4) is 0 Å². The van der Waals surface area contributed by atoms with Crippen LogP contribution in [0.5, 0.6) is 0 Å². The average molecular weight is 491 g/mol. The number of nitrogens with zero attached hydrogens (tertiary/aromatic N) is 4. The highest BCUT2D eigenvalue weighted by Gasteiger charge is 2.27. The van der Waals surface area contributed by atoms with Gasteiger partial charge in [0.25, 0.3) is 5.91 Å². The lowest BCUT2D eigenvalue weighted by Crippen LogP contribution is -2.52. The minimum atomic E-state index is -3.48. The lowest BCUT2D eigenvalue weighted by molar-refractivity contribution is 0.0787. The summed E-state index contributed by atoms with van der Waals surface area (Å²) >= 11 is 6.07. The quantitative estimate of drug-likeness (QED) is 0.522. The number of anilines is 3. The topological polar surface area (TPSA) is 118 Å². The van der Waals surface area contributed by atoms with Gasteiger partial charge in [-0.1, -0.05) is 11.6 Å². The van der Waals surface area contributed by atoms with Gasteiger partial charge in [-0.3, -0.25) is 14.1 Å². The fourth-order valence-corrected chi connectivity index (χ4v) is 4.23. The average Bonchev–Trinajstić information content (AvgIpc) is 3.08. The highest BCUT2D eigenvalue weighted by molar-refractivity contribution is 7.92. The minimum Gasteiger partial charge on any atom is -0.378 e. The fraction of sp³-hybridized carbons (Fsp3) is 0.286. The molecule has 0 aliphatic carbocycles. The molecule has 12 heteroatoms. The molecule has 33 heavy (non-hydrogen) atoms. The number of nitrogens with one attached hydrogen (secondary N) is 2. The maximum Gasteiger partial charge on any atom is 0.257 e. The van der Waals surface area contributed by atoms with E-state index in [0.29, 0.717) is 17.2 Å². The normalized spacial score (nSPS) is 14.1. The molecule has 174 valence electrons. The maximum atomic E-state index is 12.8. The lowest BCUT2D eigenvalue weighted by atomic mass is 10.1. The van der Waals surface area contributed by atoms with E-state index in [-0.39, 0.29) is 22.7 Å². The Hall–Kier alpha value is -3.15. The molecule has 0 atom stereocenters. The first-order valence-electron chi connectivity index (χ1n) is 10.00. The molecule has 3 aromatic rings. The molecule has 1 amide bonds. The summed E-state index contributed by atoms with van der Waals surface area (Å²) in [5.41, 5.74) is 2.69. The number of benzene rings is 1. The Balaban J connectivity index is 1.49. The van der Waals surface area contributed by atoms with Crippen molar-refractivity contribution < 1.29 is 17.9 Å². The van der Waals surface area contributed by atoms with Crippen LogP contribution in [0.25, 0.3) is 5.95 Å². The second kappa shape index (κ2) is 9.00. The van der Waals surface area contributed by atoms with Gasteiger partial charge in [-0.25, -0.2) is 18.4 Å². The molecule has 1 saturated heterocycles. The molecule has 0 bridgehead atoms. The van der Waals surface area contributed by atoms with Crippen molar-refractivity contribution in [3.05, 3.63) is 59.1 Å². The summed E-state index contributed by atoms with van der Waals surface area (Å²) in [6.45, 7) is 3.45. The molecule has 0 unspecified atom stereocenters. The third-order valence-electron chi connectivity index (χ3n) is 5.12. The van der Waals surface area contributed by atoms with Gasteiger partial charge in [0.1, 0.15) is 0 Å². The predicted molar refractivity (Wildman–Crippen MR) is 127 cm³/mol. The number of rotatable bonds is 7. The van der Waals surface area contributed by atoms with Crippen LogP contribution in [0.4, 0.5) is 17.1 Å². The van der Waals surface area contributed by atoms with Crippen molar-refractivity contribution in [2.45, 2.75) is 13.0 Å². The number of amides is 1. The number of hydrogen-bond acceptors (Lipinski definition) is 7. The van der Waals surface area contributed by atoms with E-state index in [0.717, 1.165) is 30.7 Å².